The fourth-order valence-corrected chi connectivity index (χ4v) is 2.44. The lowest BCUT2D eigenvalue weighted by Crippen LogP contribution is -2.42. The van der Waals surface area contributed by atoms with Crippen LogP contribution in [0.3, 0.4) is 0 Å². The average molecular weight is 312 g/mol. The molecule has 1 fully saturated rings. The minimum Gasteiger partial charge on any atom is -0.343 e. The number of nitrogens with zero attached hydrogens (tertiary/aromatic N) is 1. The van der Waals surface area contributed by atoms with Gasteiger partial charge >= 0.3 is 0 Å². The van der Waals surface area contributed by atoms with E-state index >= 15 is 0 Å². The molecule has 21 heavy (non-hydrogen) atoms. The van der Waals surface area contributed by atoms with Gasteiger partial charge in [0.1, 0.15) is 0 Å². The predicted octanol–water partition coefficient (Wildman–Crippen LogP) is 1.63. The highest BCUT2D eigenvalue weighted by Crippen LogP contribution is 2.19. The molecule has 1 aliphatic heterocycles. The largest absolute Gasteiger partial charge is 0.343 e. The molecule has 0 saturated carbocycles. The van der Waals surface area contributed by atoms with Crippen molar-refractivity contribution in [1.82, 2.24) is 4.90 Å². The molecule has 0 atom stereocenters. The lowest BCUT2D eigenvalue weighted by Gasteiger charge is -2.31. The molecular weight excluding hydrogens is 290 g/mol. The van der Waals surface area contributed by atoms with E-state index in [1.54, 1.807) is 4.90 Å². The van der Waals surface area contributed by atoms with E-state index in [0.29, 0.717) is 26.1 Å². The Hall–Kier alpha value is -1.59. The van der Waals surface area contributed by atoms with Gasteiger partial charge in [-0.3, -0.25) is 9.59 Å². The van der Waals surface area contributed by atoms with Crippen LogP contribution in [-0.4, -0.2) is 36.3 Å². The number of piperidine rings is 1. The summed E-state index contributed by atoms with van der Waals surface area (Å²) in [6.45, 7) is 1.67. The van der Waals surface area contributed by atoms with Crippen LogP contribution < -0.4 is 11.1 Å². The molecule has 1 aromatic rings. The first-order valence-corrected chi connectivity index (χ1v) is 7.04. The van der Waals surface area contributed by atoms with Gasteiger partial charge in [0.15, 0.2) is 0 Å². The zero-order valence-electron chi connectivity index (χ0n) is 12.0. The van der Waals surface area contributed by atoms with Crippen molar-refractivity contribution in [2.75, 3.05) is 25.0 Å². The molecule has 0 aliphatic carbocycles. The van der Waals surface area contributed by atoms with Crippen molar-refractivity contribution in [2.45, 2.75) is 19.3 Å². The van der Waals surface area contributed by atoms with Crippen molar-refractivity contribution in [3.8, 4) is 0 Å². The predicted molar refractivity (Wildman–Crippen MR) is 85.3 cm³/mol. The molecule has 2 amide bonds. The Morgan fingerprint density at radius 3 is 2.38 bits per heavy atom. The Morgan fingerprint density at radius 2 is 1.81 bits per heavy atom. The number of carbonyl (C=O) groups excluding carboxylic acids is 2. The van der Waals surface area contributed by atoms with E-state index in [0.717, 1.165) is 18.5 Å². The minimum atomic E-state index is -0.0165. The van der Waals surface area contributed by atoms with Crippen molar-refractivity contribution in [1.29, 1.82) is 0 Å². The maximum Gasteiger partial charge on any atom is 0.227 e. The molecule has 5 nitrogen and oxygen atoms in total. The van der Waals surface area contributed by atoms with Crippen molar-refractivity contribution >= 4 is 29.9 Å². The maximum absolute atomic E-state index is 12.1. The first-order valence-electron chi connectivity index (χ1n) is 7.04. The summed E-state index contributed by atoms with van der Waals surface area (Å²) in [5.41, 5.74) is 6.20. The highest BCUT2D eigenvalue weighted by molar-refractivity contribution is 5.92. The fraction of sp³-hybridized carbons (Fsp3) is 0.467. The van der Waals surface area contributed by atoms with E-state index in [-0.39, 0.29) is 30.1 Å². The maximum atomic E-state index is 12.1. The van der Waals surface area contributed by atoms with E-state index in [1.807, 2.05) is 30.3 Å². The van der Waals surface area contributed by atoms with Gasteiger partial charge in [-0.2, -0.15) is 0 Å². The third kappa shape index (κ3) is 5.02. The SMILES string of the molecule is Cl.NCCC(=O)N1CCC(C(=O)Nc2ccccc2)CC1. The van der Waals surface area contributed by atoms with Gasteiger partial charge in [-0.05, 0) is 25.0 Å². The standard InChI is InChI=1S/C15H21N3O2.ClH/c16-9-6-14(19)18-10-7-12(8-11-18)15(20)17-13-4-2-1-3-5-13;/h1-5,12H,6-11,16H2,(H,17,20);1H. The highest BCUT2D eigenvalue weighted by Gasteiger charge is 2.26. The second-order valence-corrected chi connectivity index (χ2v) is 5.05. The molecule has 0 spiro atoms. The first kappa shape index (κ1) is 17.5. The lowest BCUT2D eigenvalue weighted by atomic mass is 9.95. The first-order chi connectivity index (χ1) is 9.70. The van der Waals surface area contributed by atoms with E-state index in [2.05, 4.69) is 5.32 Å². The smallest absolute Gasteiger partial charge is 0.227 e. The van der Waals surface area contributed by atoms with Gasteiger partial charge < -0.3 is 16.0 Å². The molecule has 0 unspecified atom stereocenters. The summed E-state index contributed by atoms with van der Waals surface area (Å²) >= 11 is 0. The number of anilines is 1. The van der Waals surface area contributed by atoms with E-state index in [9.17, 15) is 9.59 Å². The summed E-state index contributed by atoms with van der Waals surface area (Å²) in [7, 11) is 0. The minimum absolute atomic E-state index is 0. The van der Waals surface area contributed by atoms with Gasteiger partial charge in [0.25, 0.3) is 0 Å². The Labute approximate surface area is 131 Å². The number of benzene rings is 1. The van der Waals surface area contributed by atoms with Crippen LogP contribution in [0.2, 0.25) is 0 Å². The van der Waals surface area contributed by atoms with E-state index < -0.39 is 0 Å². The van der Waals surface area contributed by atoms with Gasteiger partial charge in [0, 0.05) is 37.7 Å². The van der Waals surface area contributed by atoms with Gasteiger partial charge in [-0.1, -0.05) is 18.2 Å². The van der Waals surface area contributed by atoms with Gasteiger partial charge in [0.2, 0.25) is 11.8 Å². The van der Waals surface area contributed by atoms with E-state index in [4.69, 9.17) is 5.73 Å². The molecule has 3 N–H and O–H groups in total. The molecule has 0 radical (unpaired) electrons. The number of para-hydroxylation sites is 1. The molecule has 6 heteroatoms. The quantitative estimate of drug-likeness (QED) is 0.887. The molecule has 0 bridgehead atoms. The number of amides is 2. The third-order valence-electron chi connectivity index (χ3n) is 3.62. The Kier molecular flexibility index (Phi) is 7.19. The number of rotatable bonds is 4. The topological polar surface area (TPSA) is 75.4 Å². The average Bonchev–Trinajstić information content (AvgIpc) is 2.48. The van der Waals surface area contributed by atoms with Crippen molar-refractivity contribution in [3.63, 3.8) is 0 Å². The van der Waals surface area contributed by atoms with Crippen LogP contribution in [0.4, 0.5) is 5.69 Å². The molecule has 1 heterocycles. The Balaban J connectivity index is 0.00000220. The summed E-state index contributed by atoms with van der Waals surface area (Å²) in [6, 6.07) is 9.44. The van der Waals surface area contributed by atoms with Crippen LogP contribution in [0, 0.1) is 5.92 Å². The Bertz CT molecular complexity index is 459. The number of halogens is 1. The van der Waals surface area contributed by atoms with Gasteiger partial charge in [-0.25, -0.2) is 0 Å². The monoisotopic (exact) mass is 311 g/mol. The lowest BCUT2D eigenvalue weighted by molar-refractivity contribution is -0.134. The fourth-order valence-electron chi connectivity index (χ4n) is 2.44. The third-order valence-corrected chi connectivity index (χ3v) is 3.62. The highest BCUT2D eigenvalue weighted by atomic mass is 35.5. The number of carbonyl (C=O) groups is 2. The second-order valence-electron chi connectivity index (χ2n) is 5.05. The molecular formula is C15H22ClN3O2. The zero-order chi connectivity index (χ0) is 14.4. The summed E-state index contributed by atoms with van der Waals surface area (Å²) in [4.78, 5) is 25.7. The number of nitrogens with one attached hydrogen (secondary N) is 1. The summed E-state index contributed by atoms with van der Waals surface area (Å²) in [5, 5.41) is 2.92. The molecule has 0 aromatic heterocycles. The van der Waals surface area contributed by atoms with Gasteiger partial charge in [-0.15, -0.1) is 12.4 Å². The van der Waals surface area contributed by atoms with Crippen molar-refractivity contribution in [3.05, 3.63) is 30.3 Å². The number of nitrogens with two attached hydrogens (primary N) is 1. The zero-order valence-corrected chi connectivity index (χ0v) is 12.8. The van der Waals surface area contributed by atoms with E-state index in [1.165, 1.54) is 0 Å². The number of likely N-dealkylation sites (tertiary alicyclic amines) is 1. The second kappa shape index (κ2) is 8.64. The molecule has 2 rings (SSSR count). The van der Waals surface area contributed by atoms with Gasteiger partial charge in [0.05, 0.1) is 0 Å². The molecule has 116 valence electrons. The molecule has 1 saturated heterocycles. The van der Waals surface area contributed by atoms with Crippen molar-refractivity contribution in [2.24, 2.45) is 11.7 Å². The molecule has 1 aliphatic rings. The van der Waals surface area contributed by atoms with Crippen LogP contribution in [-0.2, 0) is 9.59 Å². The summed E-state index contributed by atoms with van der Waals surface area (Å²) in [5.74, 6) is 0.119. The van der Waals surface area contributed by atoms with Crippen molar-refractivity contribution < 1.29 is 9.59 Å². The van der Waals surface area contributed by atoms with Crippen LogP contribution in [0.25, 0.3) is 0 Å². The van der Waals surface area contributed by atoms with Crippen LogP contribution in [0.15, 0.2) is 30.3 Å². The molecule has 1 aromatic carbocycles. The number of hydrogen-bond donors (Lipinski definition) is 2. The van der Waals surface area contributed by atoms with Crippen LogP contribution in [0.1, 0.15) is 19.3 Å². The Morgan fingerprint density at radius 1 is 1.19 bits per heavy atom. The summed E-state index contributed by atoms with van der Waals surface area (Å²) < 4.78 is 0. The number of hydrogen-bond acceptors (Lipinski definition) is 3. The van der Waals surface area contributed by atoms with Crippen LogP contribution in [0.5, 0.6) is 0 Å². The normalized spacial score (nSPS) is 15.2. The van der Waals surface area contributed by atoms with Crippen LogP contribution >= 0.6 is 12.4 Å². The summed E-state index contributed by atoms with van der Waals surface area (Å²) in [6.07, 6.45) is 1.82.